The summed E-state index contributed by atoms with van der Waals surface area (Å²) in [5.41, 5.74) is 1.87. The molecule has 1 aliphatic rings. The van der Waals surface area contributed by atoms with Gasteiger partial charge in [0.2, 0.25) is 0 Å². The van der Waals surface area contributed by atoms with Crippen LogP contribution in [-0.4, -0.2) is 17.5 Å². The molecule has 0 saturated carbocycles. The number of cyclic esters (lactones) is 1. The van der Waals surface area contributed by atoms with Crippen molar-refractivity contribution in [3.8, 4) is 0 Å². The monoisotopic (exact) mass is 270 g/mol. The molecule has 0 radical (unpaired) electrons. The molecule has 0 amide bonds. The second-order valence-electron chi connectivity index (χ2n) is 4.60. The van der Waals surface area contributed by atoms with Crippen LogP contribution in [0.5, 0.6) is 0 Å². The van der Waals surface area contributed by atoms with Crippen molar-refractivity contribution < 1.29 is 19.1 Å². The number of benzene rings is 1. The molecule has 2 rings (SSSR count). The molecule has 0 aliphatic carbocycles. The lowest BCUT2D eigenvalue weighted by Crippen LogP contribution is -2.34. The van der Waals surface area contributed by atoms with Gasteiger partial charge >= 0.3 is 5.97 Å². The number of ketones is 2. The molecule has 1 aromatic rings. The Kier molecular flexibility index (Phi) is 3.94. The van der Waals surface area contributed by atoms with Gasteiger partial charge in [-0.1, -0.05) is 30.3 Å². The summed E-state index contributed by atoms with van der Waals surface area (Å²) in [5.74, 6) is -3.06. The minimum absolute atomic E-state index is 0.215. The van der Waals surface area contributed by atoms with Crippen molar-refractivity contribution in [3.63, 3.8) is 0 Å². The average molecular weight is 270 g/mol. The molecule has 20 heavy (non-hydrogen) atoms. The highest BCUT2D eigenvalue weighted by Gasteiger charge is 2.36. The third-order valence-corrected chi connectivity index (χ3v) is 3.03. The lowest BCUT2D eigenvalue weighted by molar-refractivity contribution is -0.151. The van der Waals surface area contributed by atoms with E-state index in [1.807, 2.05) is 31.2 Å². The highest BCUT2D eigenvalue weighted by atomic mass is 16.5. The first-order chi connectivity index (χ1) is 9.49. The van der Waals surface area contributed by atoms with Gasteiger partial charge in [-0.15, -0.1) is 0 Å². The molecule has 1 aliphatic heterocycles. The van der Waals surface area contributed by atoms with E-state index in [9.17, 15) is 14.4 Å². The molecule has 1 aromatic carbocycles. The van der Waals surface area contributed by atoms with Gasteiger partial charge in [-0.3, -0.25) is 14.4 Å². The van der Waals surface area contributed by atoms with E-state index in [1.54, 1.807) is 6.08 Å². The summed E-state index contributed by atoms with van der Waals surface area (Å²) in [6.07, 6.45) is 4.02. The van der Waals surface area contributed by atoms with Gasteiger partial charge in [0.1, 0.15) is 5.76 Å². The van der Waals surface area contributed by atoms with Crippen LogP contribution in [0.3, 0.4) is 0 Å². The molecule has 4 nitrogen and oxygen atoms in total. The molecule has 0 bridgehead atoms. The van der Waals surface area contributed by atoms with E-state index in [1.165, 1.54) is 19.1 Å². The number of esters is 1. The van der Waals surface area contributed by atoms with Gasteiger partial charge in [-0.2, -0.15) is 0 Å². The smallest absolute Gasteiger partial charge is 0.329 e. The average Bonchev–Trinajstić information content (AvgIpc) is 2.36. The van der Waals surface area contributed by atoms with E-state index >= 15 is 0 Å². The van der Waals surface area contributed by atoms with Gasteiger partial charge in [0.15, 0.2) is 17.5 Å². The molecule has 1 unspecified atom stereocenters. The van der Waals surface area contributed by atoms with Crippen molar-refractivity contribution in [2.24, 2.45) is 5.92 Å². The summed E-state index contributed by atoms with van der Waals surface area (Å²) in [7, 11) is 0. The highest BCUT2D eigenvalue weighted by molar-refractivity contribution is 6.25. The number of ether oxygens (including phenoxy) is 1. The second kappa shape index (κ2) is 5.65. The summed E-state index contributed by atoms with van der Waals surface area (Å²) >= 11 is 0. The van der Waals surface area contributed by atoms with Gasteiger partial charge < -0.3 is 4.74 Å². The normalized spacial score (nSPS) is 18.9. The highest BCUT2D eigenvalue weighted by Crippen LogP contribution is 2.17. The SMILES string of the molecule is CC1=CC(=O)C(C(=O)/C=C/c2ccccc2C)C(=O)O1. The topological polar surface area (TPSA) is 60.4 Å². The number of aryl methyl sites for hydroxylation is 1. The Balaban J connectivity index is 2.19. The first-order valence-electron chi connectivity index (χ1n) is 6.20. The van der Waals surface area contributed by atoms with Crippen LogP contribution in [-0.2, 0) is 19.1 Å². The third-order valence-electron chi connectivity index (χ3n) is 3.03. The maximum absolute atomic E-state index is 12.0. The Morgan fingerprint density at radius 3 is 2.55 bits per heavy atom. The molecule has 0 saturated heterocycles. The van der Waals surface area contributed by atoms with Crippen LogP contribution in [0.1, 0.15) is 18.1 Å². The molecular weight excluding hydrogens is 256 g/mol. The molecule has 1 heterocycles. The van der Waals surface area contributed by atoms with Crippen LogP contribution in [0.2, 0.25) is 0 Å². The minimum Gasteiger partial charge on any atom is -0.430 e. The van der Waals surface area contributed by atoms with Gasteiger partial charge in [0, 0.05) is 6.08 Å². The van der Waals surface area contributed by atoms with Gasteiger partial charge in [0.05, 0.1) is 0 Å². The van der Waals surface area contributed by atoms with Crippen molar-refractivity contribution in [2.75, 3.05) is 0 Å². The summed E-state index contributed by atoms with van der Waals surface area (Å²) in [5, 5.41) is 0. The van der Waals surface area contributed by atoms with Crippen LogP contribution in [0.15, 0.2) is 42.2 Å². The van der Waals surface area contributed by atoms with E-state index < -0.39 is 23.5 Å². The largest absolute Gasteiger partial charge is 0.430 e. The van der Waals surface area contributed by atoms with Crippen molar-refractivity contribution in [3.05, 3.63) is 53.3 Å². The van der Waals surface area contributed by atoms with Crippen molar-refractivity contribution in [1.29, 1.82) is 0 Å². The second-order valence-corrected chi connectivity index (χ2v) is 4.60. The Hall–Kier alpha value is -2.49. The number of carbonyl (C=O) groups excluding carboxylic acids is 3. The zero-order chi connectivity index (χ0) is 14.7. The van der Waals surface area contributed by atoms with E-state index in [0.29, 0.717) is 0 Å². The molecule has 0 N–H and O–H groups in total. The zero-order valence-corrected chi connectivity index (χ0v) is 11.3. The fourth-order valence-corrected chi connectivity index (χ4v) is 1.95. The number of hydrogen-bond acceptors (Lipinski definition) is 4. The van der Waals surface area contributed by atoms with Crippen LogP contribution in [0, 0.1) is 12.8 Å². The molecule has 1 atom stereocenters. The summed E-state index contributed by atoms with van der Waals surface area (Å²) in [6.45, 7) is 3.41. The lowest BCUT2D eigenvalue weighted by atomic mass is 9.95. The van der Waals surface area contributed by atoms with Gasteiger partial charge in [-0.25, -0.2) is 0 Å². The molecule has 0 fully saturated rings. The number of rotatable bonds is 3. The quantitative estimate of drug-likeness (QED) is 0.480. The standard InChI is InChI=1S/C16H14O4/c1-10-5-3-4-6-12(10)7-8-13(17)15-14(18)9-11(2)20-16(15)19/h3-9,15H,1-2H3/b8-7+. The van der Waals surface area contributed by atoms with Crippen LogP contribution in [0.25, 0.3) is 6.08 Å². The number of carbonyl (C=O) groups is 3. The summed E-state index contributed by atoms with van der Waals surface area (Å²) in [4.78, 5) is 35.3. The van der Waals surface area contributed by atoms with Gasteiger partial charge in [0.25, 0.3) is 0 Å². The van der Waals surface area contributed by atoms with E-state index in [4.69, 9.17) is 4.74 Å². The summed E-state index contributed by atoms with van der Waals surface area (Å²) in [6, 6.07) is 7.51. The van der Waals surface area contributed by atoms with Crippen LogP contribution < -0.4 is 0 Å². The molecule has 102 valence electrons. The van der Waals surface area contributed by atoms with Crippen molar-refractivity contribution in [2.45, 2.75) is 13.8 Å². The number of allylic oxidation sites excluding steroid dienone is 3. The maximum Gasteiger partial charge on any atom is 0.329 e. The molecular formula is C16H14O4. The van der Waals surface area contributed by atoms with Crippen molar-refractivity contribution >= 4 is 23.6 Å². The number of hydrogen-bond donors (Lipinski definition) is 0. The maximum atomic E-state index is 12.0. The van der Waals surface area contributed by atoms with E-state index in [2.05, 4.69) is 0 Å². The Labute approximate surface area is 116 Å². The minimum atomic E-state index is -1.38. The molecule has 4 heteroatoms. The summed E-state index contributed by atoms with van der Waals surface area (Å²) < 4.78 is 4.81. The fourth-order valence-electron chi connectivity index (χ4n) is 1.95. The van der Waals surface area contributed by atoms with Gasteiger partial charge in [-0.05, 0) is 31.1 Å². The predicted octanol–water partition coefficient (Wildman–Crippen LogP) is 2.22. The van der Waals surface area contributed by atoms with Crippen molar-refractivity contribution in [1.82, 2.24) is 0 Å². The first-order valence-corrected chi connectivity index (χ1v) is 6.20. The lowest BCUT2D eigenvalue weighted by Gasteiger charge is -2.15. The first kappa shape index (κ1) is 13.9. The van der Waals surface area contributed by atoms with E-state index in [-0.39, 0.29) is 5.76 Å². The molecule has 0 spiro atoms. The Bertz CT molecular complexity index is 638. The predicted molar refractivity (Wildman–Crippen MR) is 73.6 cm³/mol. The third kappa shape index (κ3) is 2.91. The fraction of sp³-hybridized carbons (Fsp3) is 0.188. The van der Waals surface area contributed by atoms with Crippen LogP contribution in [0.4, 0.5) is 0 Å². The van der Waals surface area contributed by atoms with Crippen LogP contribution >= 0.6 is 0 Å². The zero-order valence-electron chi connectivity index (χ0n) is 11.3. The Morgan fingerprint density at radius 1 is 1.20 bits per heavy atom. The molecule has 0 aromatic heterocycles. The Morgan fingerprint density at radius 2 is 1.90 bits per heavy atom. The van der Waals surface area contributed by atoms with E-state index in [0.717, 1.165) is 11.1 Å².